The van der Waals surface area contributed by atoms with Gasteiger partial charge in [0.1, 0.15) is 0 Å². The summed E-state index contributed by atoms with van der Waals surface area (Å²) in [4.78, 5) is 0. The molecule has 4 nitrogen and oxygen atoms in total. The van der Waals surface area contributed by atoms with Gasteiger partial charge in [-0.3, -0.25) is 0 Å². The van der Waals surface area contributed by atoms with Crippen LogP contribution in [0.2, 0.25) is 0 Å². The van der Waals surface area contributed by atoms with Crippen molar-refractivity contribution in [2.75, 3.05) is 13.4 Å². The van der Waals surface area contributed by atoms with Crippen LogP contribution >= 0.6 is 0 Å². The summed E-state index contributed by atoms with van der Waals surface area (Å²) in [6.45, 7) is 0.453. The number of aryl methyl sites for hydroxylation is 1. The van der Waals surface area contributed by atoms with Crippen LogP contribution in [-0.2, 0) is 13.5 Å². The van der Waals surface area contributed by atoms with Crippen molar-refractivity contribution in [2.24, 2.45) is 7.05 Å². The second-order valence-corrected chi connectivity index (χ2v) is 3.96. The molecule has 0 aliphatic carbocycles. The molecule has 0 spiro atoms. The minimum Gasteiger partial charge on any atom is -0.454 e. The average Bonchev–Trinajstić information content (AvgIpc) is 2.83. The fourth-order valence-corrected chi connectivity index (χ4v) is 2.17. The Kier molecular flexibility index (Phi) is 2.04. The van der Waals surface area contributed by atoms with Crippen molar-refractivity contribution in [3.8, 4) is 11.5 Å². The lowest BCUT2D eigenvalue weighted by Crippen LogP contribution is -1.93. The van der Waals surface area contributed by atoms with Crippen LogP contribution in [0.1, 0.15) is 5.56 Å². The molecule has 2 heterocycles. The van der Waals surface area contributed by atoms with Crippen LogP contribution < -0.4 is 9.47 Å². The van der Waals surface area contributed by atoms with Crippen molar-refractivity contribution in [1.29, 1.82) is 0 Å². The molecule has 2 aromatic rings. The number of fused-ring (bicyclic) bond motifs is 2. The van der Waals surface area contributed by atoms with E-state index in [0.29, 0.717) is 13.2 Å². The number of aliphatic hydroxyl groups excluding tert-OH is 1. The first-order valence-electron chi connectivity index (χ1n) is 5.28. The number of nitrogens with zero attached hydrogens (tertiary/aromatic N) is 1. The van der Waals surface area contributed by atoms with Gasteiger partial charge in [0, 0.05) is 31.3 Å². The highest BCUT2D eigenvalue weighted by molar-refractivity contribution is 5.87. The fourth-order valence-electron chi connectivity index (χ4n) is 2.17. The minimum absolute atomic E-state index is 0.160. The second-order valence-electron chi connectivity index (χ2n) is 3.96. The van der Waals surface area contributed by atoms with E-state index in [9.17, 15) is 0 Å². The van der Waals surface area contributed by atoms with E-state index in [4.69, 9.17) is 14.6 Å². The van der Waals surface area contributed by atoms with Crippen molar-refractivity contribution >= 4 is 10.9 Å². The zero-order valence-electron chi connectivity index (χ0n) is 9.06. The Labute approximate surface area is 93.0 Å². The number of hydrogen-bond acceptors (Lipinski definition) is 3. The van der Waals surface area contributed by atoms with Crippen molar-refractivity contribution in [3.05, 3.63) is 23.9 Å². The van der Waals surface area contributed by atoms with E-state index in [2.05, 4.69) is 0 Å². The number of hydrogen-bond donors (Lipinski definition) is 1. The summed E-state index contributed by atoms with van der Waals surface area (Å²) < 4.78 is 12.7. The molecule has 1 aromatic carbocycles. The first-order valence-corrected chi connectivity index (χ1v) is 5.28. The SMILES string of the molecule is Cn1cc(CCO)c2cc3c(cc21)OCO3. The Hall–Kier alpha value is -1.68. The standard InChI is InChI=1S/C12H13NO3/c1-13-6-8(2-3-14)9-4-11-12(5-10(9)13)16-7-15-11/h4-6,14H,2-3,7H2,1H3. The van der Waals surface area contributed by atoms with Crippen LogP contribution in [0, 0.1) is 0 Å². The monoisotopic (exact) mass is 219 g/mol. The smallest absolute Gasteiger partial charge is 0.231 e. The molecule has 16 heavy (non-hydrogen) atoms. The molecule has 3 rings (SSSR count). The van der Waals surface area contributed by atoms with E-state index in [0.717, 1.165) is 28.0 Å². The minimum atomic E-state index is 0.160. The Morgan fingerprint density at radius 2 is 2.06 bits per heavy atom. The van der Waals surface area contributed by atoms with Crippen LogP contribution in [0.5, 0.6) is 11.5 Å². The van der Waals surface area contributed by atoms with Gasteiger partial charge in [-0.05, 0) is 18.1 Å². The molecule has 0 unspecified atom stereocenters. The molecule has 4 heteroatoms. The normalized spacial score (nSPS) is 13.6. The molecule has 0 fully saturated rings. The summed E-state index contributed by atoms with van der Waals surface area (Å²) >= 11 is 0. The maximum absolute atomic E-state index is 9.02. The first kappa shape index (κ1) is 9.54. The lowest BCUT2D eigenvalue weighted by molar-refractivity contribution is 0.174. The lowest BCUT2D eigenvalue weighted by Gasteiger charge is -1.99. The van der Waals surface area contributed by atoms with Gasteiger partial charge in [-0.15, -0.1) is 0 Å². The highest BCUT2D eigenvalue weighted by Crippen LogP contribution is 2.37. The van der Waals surface area contributed by atoms with E-state index in [-0.39, 0.29) is 6.61 Å². The quantitative estimate of drug-likeness (QED) is 0.831. The third-order valence-electron chi connectivity index (χ3n) is 2.95. The average molecular weight is 219 g/mol. The van der Waals surface area contributed by atoms with Gasteiger partial charge in [0.2, 0.25) is 6.79 Å². The number of aromatic nitrogens is 1. The summed E-state index contributed by atoms with van der Waals surface area (Å²) in [5.74, 6) is 1.59. The molecular weight excluding hydrogens is 206 g/mol. The van der Waals surface area contributed by atoms with E-state index < -0.39 is 0 Å². The molecule has 0 saturated carbocycles. The molecule has 1 aliphatic heterocycles. The molecule has 1 aliphatic rings. The van der Waals surface area contributed by atoms with Gasteiger partial charge in [-0.25, -0.2) is 0 Å². The van der Waals surface area contributed by atoms with Crippen LogP contribution in [0.4, 0.5) is 0 Å². The first-order chi connectivity index (χ1) is 7.79. The summed E-state index contributed by atoms with van der Waals surface area (Å²) in [5.41, 5.74) is 2.24. The highest BCUT2D eigenvalue weighted by atomic mass is 16.7. The zero-order valence-corrected chi connectivity index (χ0v) is 9.06. The van der Waals surface area contributed by atoms with Gasteiger partial charge in [-0.1, -0.05) is 0 Å². The molecule has 0 radical (unpaired) electrons. The summed E-state index contributed by atoms with van der Waals surface area (Å²) in [5, 5.41) is 10.1. The van der Waals surface area contributed by atoms with Crippen LogP contribution in [0.3, 0.4) is 0 Å². The van der Waals surface area contributed by atoms with E-state index in [1.54, 1.807) is 0 Å². The van der Waals surface area contributed by atoms with Gasteiger partial charge >= 0.3 is 0 Å². The zero-order chi connectivity index (χ0) is 11.1. The Morgan fingerprint density at radius 3 is 2.81 bits per heavy atom. The highest BCUT2D eigenvalue weighted by Gasteiger charge is 2.17. The number of rotatable bonds is 2. The largest absolute Gasteiger partial charge is 0.454 e. The van der Waals surface area contributed by atoms with Crippen molar-refractivity contribution < 1.29 is 14.6 Å². The van der Waals surface area contributed by atoms with Gasteiger partial charge in [-0.2, -0.15) is 0 Å². The second kappa shape index (κ2) is 3.42. The van der Waals surface area contributed by atoms with Crippen molar-refractivity contribution in [2.45, 2.75) is 6.42 Å². The number of benzene rings is 1. The predicted molar refractivity (Wildman–Crippen MR) is 59.8 cm³/mol. The Morgan fingerprint density at radius 1 is 1.31 bits per heavy atom. The third kappa shape index (κ3) is 1.27. The van der Waals surface area contributed by atoms with E-state index in [1.165, 1.54) is 0 Å². The number of ether oxygens (including phenoxy) is 2. The van der Waals surface area contributed by atoms with Gasteiger partial charge in [0.15, 0.2) is 11.5 Å². The summed E-state index contributed by atoms with van der Waals surface area (Å²) in [6.07, 6.45) is 2.70. The van der Waals surface area contributed by atoms with E-state index in [1.807, 2.05) is 29.9 Å². The number of aliphatic hydroxyl groups is 1. The molecular formula is C12H13NO3. The molecule has 0 amide bonds. The van der Waals surface area contributed by atoms with Crippen molar-refractivity contribution in [3.63, 3.8) is 0 Å². The Balaban J connectivity index is 2.24. The van der Waals surface area contributed by atoms with E-state index >= 15 is 0 Å². The summed E-state index contributed by atoms with van der Waals surface area (Å²) in [7, 11) is 1.99. The molecule has 1 N–H and O–H groups in total. The topological polar surface area (TPSA) is 43.6 Å². The third-order valence-corrected chi connectivity index (χ3v) is 2.95. The maximum Gasteiger partial charge on any atom is 0.231 e. The van der Waals surface area contributed by atoms with Crippen LogP contribution in [-0.4, -0.2) is 23.1 Å². The van der Waals surface area contributed by atoms with Crippen LogP contribution in [0.25, 0.3) is 10.9 Å². The summed E-state index contributed by atoms with van der Waals surface area (Å²) in [6, 6.07) is 3.97. The molecule has 84 valence electrons. The lowest BCUT2D eigenvalue weighted by atomic mass is 10.1. The predicted octanol–water partition coefficient (Wildman–Crippen LogP) is 1.44. The fraction of sp³-hybridized carbons (Fsp3) is 0.333. The van der Waals surface area contributed by atoms with Gasteiger partial charge < -0.3 is 19.1 Å². The Bertz CT molecular complexity index is 545. The molecule has 0 saturated heterocycles. The van der Waals surface area contributed by atoms with Crippen LogP contribution in [0.15, 0.2) is 18.3 Å². The molecule has 1 aromatic heterocycles. The molecule has 0 atom stereocenters. The molecule has 0 bridgehead atoms. The maximum atomic E-state index is 9.02. The van der Waals surface area contributed by atoms with Gasteiger partial charge in [0.05, 0.1) is 5.52 Å². The van der Waals surface area contributed by atoms with Crippen molar-refractivity contribution in [1.82, 2.24) is 4.57 Å². The van der Waals surface area contributed by atoms with Gasteiger partial charge in [0.25, 0.3) is 0 Å².